The van der Waals surface area contributed by atoms with Crippen LogP contribution in [0.4, 0.5) is 0 Å². The van der Waals surface area contributed by atoms with Crippen LogP contribution in [0.5, 0.6) is 0 Å². The van der Waals surface area contributed by atoms with Gasteiger partial charge in [0.2, 0.25) is 24.1 Å². The van der Waals surface area contributed by atoms with Gasteiger partial charge in [0.05, 0.1) is 33.0 Å². The molecule has 0 radical (unpaired) electrons. The average molecular weight is 640 g/mol. The summed E-state index contributed by atoms with van der Waals surface area (Å²) in [6, 6.07) is -1.94. The van der Waals surface area contributed by atoms with E-state index in [9.17, 15) is 34.2 Å². The summed E-state index contributed by atoms with van der Waals surface area (Å²) in [7, 11) is 0. The number of nitrogens with two attached hydrogens (primary N) is 3. The number of rotatable bonds is 26. The van der Waals surface area contributed by atoms with Crippen LogP contribution in [0.3, 0.4) is 0 Å². The Bertz CT molecular complexity index is 770. The van der Waals surface area contributed by atoms with Crippen molar-refractivity contribution in [3.8, 4) is 0 Å². The van der Waals surface area contributed by atoms with Crippen LogP contribution in [0.15, 0.2) is 0 Å². The molecule has 0 rings (SSSR count). The number of unbranched alkanes of at least 4 members (excludes halogenated alkanes) is 4. The topological polar surface area (TPSA) is 282 Å². The Morgan fingerprint density at radius 1 is 0.705 bits per heavy atom. The molecule has 2 unspecified atom stereocenters. The molecule has 0 aromatic carbocycles. The molecular formula is C27H53N5O12. The van der Waals surface area contributed by atoms with Gasteiger partial charge in [-0.3, -0.25) is 19.2 Å². The van der Waals surface area contributed by atoms with Gasteiger partial charge in [-0.05, 0) is 25.7 Å². The van der Waals surface area contributed by atoms with E-state index >= 15 is 0 Å². The molecule has 0 aliphatic rings. The summed E-state index contributed by atoms with van der Waals surface area (Å²) >= 11 is 0. The van der Waals surface area contributed by atoms with Crippen LogP contribution in [-0.4, -0.2) is 118 Å². The summed E-state index contributed by atoms with van der Waals surface area (Å²) in [5.41, 5.74) is 13.9. The second-order valence-corrected chi connectivity index (χ2v) is 9.13. The van der Waals surface area contributed by atoms with Crippen LogP contribution in [-0.2, 0) is 47.7 Å². The van der Waals surface area contributed by atoms with E-state index in [1.165, 1.54) is 6.92 Å². The maximum atomic E-state index is 11.9. The number of aliphatic carboxylic acids is 2. The highest BCUT2D eigenvalue weighted by Gasteiger charge is 2.20. The molecular weight excluding hydrogens is 586 g/mol. The molecule has 0 fully saturated rings. The van der Waals surface area contributed by atoms with Gasteiger partial charge in [0, 0.05) is 20.1 Å². The van der Waals surface area contributed by atoms with E-state index in [2.05, 4.69) is 29.0 Å². The van der Waals surface area contributed by atoms with Gasteiger partial charge in [0.1, 0.15) is 25.3 Å². The van der Waals surface area contributed by atoms with Gasteiger partial charge in [-0.1, -0.05) is 32.6 Å². The third-order valence-electron chi connectivity index (χ3n) is 5.12. The molecule has 0 heterocycles. The fourth-order valence-corrected chi connectivity index (χ4v) is 3.17. The summed E-state index contributed by atoms with van der Waals surface area (Å²) in [5.74, 6) is -3.53. The standard InChI is InChI=1S/C24H45N3O10.C2H5NO.CH3NO/c1-2-3-4-5-8-19(23(30)31)26-21(28)17-36-15-13-34-11-7-6-9-20(24(32)33)27-22(29)18-37-16-14-35-12-10-25;1-2(3)4;2-1-3/h19-20H,2-18,25H2,1H3,(H,26,28)(H,27,29)(H,30,31)(H,32,33);1H3,(H2,3,4);1H,(H2,2,3). The van der Waals surface area contributed by atoms with Gasteiger partial charge in [-0.25, -0.2) is 9.59 Å². The number of carboxylic acid groups (broad SMARTS) is 2. The smallest absolute Gasteiger partial charge is 0.326 e. The fraction of sp³-hybridized carbons (Fsp3) is 0.778. The molecule has 17 nitrogen and oxygen atoms in total. The molecule has 17 heteroatoms. The van der Waals surface area contributed by atoms with E-state index < -0.39 is 35.8 Å². The fourth-order valence-electron chi connectivity index (χ4n) is 3.17. The van der Waals surface area contributed by atoms with Crippen molar-refractivity contribution in [3.63, 3.8) is 0 Å². The molecule has 44 heavy (non-hydrogen) atoms. The first-order valence-corrected chi connectivity index (χ1v) is 14.4. The molecule has 10 N–H and O–H groups in total. The largest absolute Gasteiger partial charge is 0.480 e. The van der Waals surface area contributed by atoms with Gasteiger partial charge >= 0.3 is 11.9 Å². The summed E-state index contributed by atoms with van der Waals surface area (Å²) in [5, 5.41) is 23.4. The van der Waals surface area contributed by atoms with E-state index in [1.807, 2.05) is 0 Å². The lowest BCUT2D eigenvalue weighted by Crippen LogP contribution is -2.42. The van der Waals surface area contributed by atoms with Crippen LogP contribution in [0, 0.1) is 0 Å². The molecule has 0 saturated carbocycles. The van der Waals surface area contributed by atoms with Crippen LogP contribution < -0.4 is 27.8 Å². The minimum absolute atomic E-state index is 0.159. The second-order valence-electron chi connectivity index (χ2n) is 9.13. The number of carboxylic acids is 2. The van der Waals surface area contributed by atoms with Crippen LogP contribution in [0.25, 0.3) is 0 Å². The number of carbonyl (C=O) groups is 6. The Labute approximate surface area is 258 Å². The van der Waals surface area contributed by atoms with Gasteiger partial charge in [-0.2, -0.15) is 0 Å². The highest BCUT2D eigenvalue weighted by atomic mass is 16.5. The summed E-state index contributed by atoms with van der Waals surface area (Å²) < 4.78 is 20.9. The Balaban J connectivity index is -0.00000216. The van der Waals surface area contributed by atoms with Crippen LogP contribution in [0.1, 0.15) is 65.2 Å². The number of amides is 4. The molecule has 0 aromatic heterocycles. The Hall–Kier alpha value is -3.38. The molecule has 258 valence electrons. The van der Waals surface area contributed by atoms with E-state index in [0.717, 1.165) is 25.7 Å². The van der Waals surface area contributed by atoms with Crippen molar-refractivity contribution in [1.29, 1.82) is 0 Å². The summed E-state index contributed by atoms with van der Waals surface area (Å²) in [4.78, 5) is 64.2. The molecule has 0 aliphatic heterocycles. The van der Waals surface area contributed by atoms with E-state index in [4.69, 9.17) is 29.5 Å². The first-order valence-electron chi connectivity index (χ1n) is 14.4. The Morgan fingerprint density at radius 3 is 1.48 bits per heavy atom. The van der Waals surface area contributed by atoms with Gasteiger partial charge < -0.3 is 57.0 Å². The number of ether oxygens (including phenoxy) is 4. The SMILES string of the molecule is CC(N)=O.CCCCCCC(NC(=O)COCCOCCCCC(NC(=O)COCCOCCN)C(=O)O)C(=O)O.NC=O. The quantitative estimate of drug-likeness (QED) is 0.0437. The number of hydrogen-bond donors (Lipinski definition) is 7. The number of carbonyl (C=O) groups excluding carboxylic acids is 4. The van der Waals surface area contributed by atoms with E-state index in [1.54, 1.807) is 0 Å². The Kier molecular flexibility index (Phi) is 34.9. The average Bonchev–Trinajstić information content (AvgIpc) is 2.94. The van der Waals surface area contributed by atoms with Gasteiger partial charge in [-0.15, -0.1) is 0 Å². The highest BCUT2D eigenvalue weighted by molar-refractivity contribution is 5.84. The number of hydrogen-bond acceptors (Lipinski definition) is 11. The van der Waals surface area contributed by atoms with Crippen LogP contribution in [0.2, 0.25) is 0 Å². The van der Waals surface area contributed by atoms with Crippen molar-refractivity contribution in [2.75, 3.05) is 59.4 Å². The van der Waals surface area contributed by atoms with Crippen molar-refractivity contribution in [2.45, 2.75) is 77.3 Å². The second kappa shape index (κ2) is 34.1. The molecule has 0 spiro atoms. The lowest BCUT2D eigenvalue weighted by molar-refractivity contribution is -0.143. The van der Waals surface area contributed by atoms with Crippen molar-refractivity contribution in [3.05, 3.63) is 0 Å². The lowest BCUT2D eigenvalue weighted by Gasteiger charge is -2.15. The maximum absolute atomic E-state index is 11.9. The third kappa shape index (κ3) is 36.6. The predicted molar refractivity (Wildman–Crippen MR) is 159 cm³/mol. The molecule has 0 bridgehead atoms. The molecule has 2 atom stereocenters. The number of nitrogens with one attached hydrogen (secondary N) is 2. The molecule has 0 saturated heterocycles. The third-order valence-corrected chi connectivity index (χ3v) is 5.12. The minimum atomic E-state index is -1.13. The van der Waals surface area contributed by atoms with Crippen molar-refractivity contribution in [2.24, 2.45) is 17.2 Å². The van der Waals surface area contributed by atoms with Crippen molar-refractivity contribution in [1.82, 2.24) is 10.6 Å². The molecule has 0 aromatic rings. The van der Waals surface area contributed by atoms with E-state index in [0.29, 0.717) is 45.6 Å². The zero-order valence-electron chi connectivity index (χ0n) is 26.0. The Morgan fingerprint density at radius 2 is 1.09 bits per heavy atom. The van der Waals surface area contributed by atoms with Gasteiger partial charge in [0.15, 0.2) is 0 Å². The minimum Gasteiger partial charge on any atom is -0.480 e. The zero-order chi connectivity index (χ0) is 34.0. The summed E-state index contributed by atoms with van der Waals surface area (Å²) in [6.07, 6.45) is 5.71. The van der Waals surface area contributed by atoms with E-state index in [-0.39, 0.29) is 51.8 Å². The van der Waals surface area contributed by atoms with Crippen LogP contribution >= 0.6 is 0 Å². The normalized spacial score (nSPS) is 11.4. The maximum Gasteiger partial charge on any atom is 0.326 e. The predicted octanol–water partition coefficient (Wildman–Crippen LogP) is -1.12. The lowest BCUT2D eigenvalue weighted by atomic mass is 10.1. The number of primary amides is 2. The first kappa shape index (κ1) is 45.1. The van der Waals surface area contributed by atoms with Gasteiger partial charge in [0.25, 0.3) is 0 Å². The first-order chi connectivity index (χ1) is 21.0. The van der Waals surface area contributed by atoms with Crippen molar-refractivity contribution >= 4 is 36.1 Å². The summed E-state index contributed by atoms with van der Waals surface area (Å²) in [6.45, 7) is 4.92. The van der Waals surface area contributed by atoms with Crippen molar-refractivity contribution < 1.29 is 57.9 Å². The molecule has 4 amide bonds. The zero-order valence-corrected chi connectivity index (χ0v) is 26.0. The molecule has 0 aliphatic carbocycles. The monoisotopic (exact) mass is 639 g/mol. The highest BCUT2D eigenvalue weighted by Crippen LogP contribution is 2.06.